The molecule has 17 heavy (non-hydrogen) atoms. The van der Waals surface area contributed by atoms with Gasteiger partial charge in [-0.2, -0.15) is 0 Å². The van der Waals surface area contributed by atoms with Crippen LogP contribution in [-0.2, 0) is 0 Å². The summed E-state index contributed by atoms with van der Waals surface area (Å²) in [6.07, 6.45) is 5.51. The second-order valence-corrected chi connectivity index (χ2v) is 6.25. The molecule has 0 aromatic carbocycles. The molecule has 2 atom stereocenters. The summed E-state index contributed by atoms with van der Waals surface area (Å²) in [5.74, 6) is -1.00. The Morgan fingerprint density at radius 2 is 1.94 bits per heavy atom. The molecule has 3 heteroatoms. The van der Waals surface area contributed by atoms with Gasteiger partial charge in [-0.15, -0.1) is 0 Å². The summed E-state index contributed by atoms with van der Waals surface area (Å²) in [6.45, 7) is 5.41. The molecule has 0 aromatic heterocycles. The molecule has 1 heterocycles. The van der Waals surface area contributed by atoms with Gasteiger partial charge in [-0.05, 0) is 37.6 Å². The van der Waals surface area contributed by atoms with Crippen molar-refractivity contribution in [2.75, 3.05) is 13.1 Å². The first-order chi connectivity index (χ1) is 7.98. The van der Waals surface area contributed by atoms with E-state index >= 15 is 0 Å². The lowest BCUT2D eigenvalue weighted by atomic mass is 9.78. The highest BCUT2D eigenvalue weighted by atomic mass is 19.3. The highest BCUT2D eigenvalue weighted by Crippen LogP contribution is 2.36. The normalized spacial score (nSPS) is 35.1. The second kappa shape index (κ2) is 5.21. The van der Waals surface area contributed by atoms with E-state index < -0.39 is 5.92 Å². The zero-order chi connectivity index (χ0) is 12.5. The summed E-state index contributed by atoms with van der Waals surface area (Å²) in [4.78, 5) is 2.07. The minimum atomic E-state index is -2.44. The van der Waals surface area contributed by atoms with Crippen LogP contribution in [0.4, 0.5) is 8.78 Å². The number of hydrogen-bond donors (Lipinski definition) is 0. The summed E-state index contributed by atoms with van der Waals surface area (Å²) in [6, 6.07) is 0.419. The monoisotopic (exact) mass is 245 g/mol. The molecule has 2 aliphatic rings. The Kier molecular flexibility index (Phi) is 4.06. The maximum absolute atomic E-state index is 13.4. The maximum atomic E-state index is 13.4. The van der Waals surface area contributed by atoms with E-state index in [1.54, 1.807) is 0 Å². The topological polar surface area (TPSA) is 3.24 Å². The van der Waals surface area contributed by atoms with E-state index in [9.17, 15) is 8.78 Å². The highest BCUT2D eigenvalue weighted by molar-refractivity contribution is 4.87. The molecule has 2 rings (SSSR count). The summed E-state index contributed by atoms with van der Waals surface area (Å²) in [5.41, 5.74) is 0. The Morgan fingerprint density at radius 3 is 2.59 bits per heavy atom. The van der Waals surface area contributed by atoms with E-state index in [0.29, 0.717) is 18.4 Å². The van der Waals surface area contributed by atoms with Gasteiger partial charge in [0.1, 0.15) is 0 Å². The third-order valence-electron chi connectivity index (χ3n) is 4.57. The third kappa shape index (κ3) is 3.40. The number of halogens is 2. The van der Waals surface area contributed by atoms with Gasteiger partial charge >= 0.3 is 0 Å². The smallest absolute Gasteiger partial charge is 0.260 e. The molecule has 1 saturated heterocycles. The summed E-state index contributed by atoms with van der Waals surface area (Å²) in [7, 11) is 0. The molecular weight excluding hydrogens is 220 g/mol. The predicted octanol–water partition coefficient (Wildman–Crippen LogP) is 3.93. The molecule has 1 aliphatic heterocycles. The third-order valence-corrected chi connectivity index (χ3v) is 4.57. The quantitative estimate of drug-likeness (QED) is 0.712. The van der Waals surface area contributed by atoms with Crippen LogP contribution < -0.4 is 0 Å². The zero-order valence-corrected chi connectivity index (χ0v) is 11.1. The van der Waals surface area contributed by atoms with Gasteiger partial charge in [0.15, 0.2) is 0 Å². The van der Waals surface area contributed by atoms with Gasteiger partial charge in [0.25, 0.3) is 5.92 Å². The van der Waals surface area contributed by atoms with E-state index in [-0.39, 0.29) is 13.0 Å². The number of hydrogen-bond acceptors (Lipinski definition) is 1. The molecule has 0 aromatic rings. The van der Waals surface area contributed by atoms with Crippen LogP contribution in [0.25, 0.3) is 0 Å². The van der Waals surface area contributed by atoms with E-state index in [1.165, 1.54) is 12.8 Å². The molecule has 1 aliphatic carbocycles. The van der Waals surface area contributed by atoms with Crippen molar-refractivity contribution in [2.24, 2.45) is 11.8 Å². The van der Waals surface area contributed by atoms with Crippen molar-refractivity contribution >= 4 is 0 Å². The fraction of sp³-hybridized carbons (Fsp3) is 1.00. The van der Waals surface area contributed by atoms with Crippen molar-refractivity contribution in [3.8, 4) is 0 Å². The van der Waals surface area contributed by atoms with E-state index in [0.717, 1.165) is 25.3 Å². The SMILES string of the molecule is CC(C)C1CCCC(N2CCCC(F)(F)C2)C1. The average molecular weight is 245 g/mol. The van der Waals surface area contributed by atoms with Gasteiger partial charge in [0.05, 0.1) is 6.54 Å². The van der Waals surface area contributed by atoms with Crippen LogP contribution in [0.1, 0.15) is 52.4 Å². The highest BCUT2D eigenvalue weighted by Gasteiger charge is 2.39. The van der Waals surface area contributed by atoms with Gasteiger partial charge in [-0.1, -0.05) is 26.7 Å². The molecule has 1 nitrogen and oxygen atoms in total. The van der Waals surface area contributed by atoms with Crippen LogP contribution in [0.3, 0.4) is 0 Å². The second-order valence-electron chi connectivity index (χ2n) is 6.25. The Bertz CT molecular complexity index is 253. The lowest BCUT2D eigenvalue weighted by molar-refractivity contribution is -0.0813. The first kappa shape index (κ1) is 13.3. The Morgan fingerprint density at radius 1 is 1.18 bits per heavy atom. The molecule has 100 valence electrons. The van der Waals surface area contributed by atoms with E-state index in [4.69, 9.17) is 0 Å². The molecule has 0 spiro atoms. The first-order valence-electron chi connectivity index (χ1n) is 7.10. The van der Waals surface area contributed by atoms with Gasteiger partial charge in [0.2, 0.25) is 0 Å². The van der Waals surface area contributed by atoms with Crippen LogP contribution in [0.5, 0.6) is 0 Å². The fourth-order valence-corrected chi connectivity index (χ4v) is 3.45. The Balaban J connectivity index is 1.92. The zero-order valence-electron chi connectivity index (χ0n) is 11.1. The van der Waals surface area contributed by atoms with Crippen molar-refractivity contribution in [3.63, 3.8) is 0 Å². The minimum Gasteiger partial charge on any atom is -0.294 e. The van der Waals surface area contributed by atoms with Crippen LogP contribution in [0, 0.1) is 11.8 Å². The summed E-state index contributed by atoms with van der Waals surface area (Å²) >= 11 is 0. The van der Waals surface area contributed by atoms with Gasteiger partial charge in [-0.3, -0.25) is 4.90 Å². The Hall–Kier alpha value is -0.180. The van der Waals surface area contributed by atoms with Crippen LogP contribution in [0.15, 0.2) is 0 Å². The lowest BCUT2D eigenvalue weighted by Crippen LogP contribution is -2.49. The minimum absolute atomic E-state index is 0.00246. The summed E-state index contributed by atoms with van der Waals surface area (Å²) < 4.78 is 26.8. The molecule has 2 fully saturated rings. The lowest BCUT2D eigenvalue weighted by Gasteiger charge is -2.42. The molecule has 0 radical (unpaired) electrons. The van der Waals surface area contributed by atoms with Gasteiger partial charge < -0.3 is 0 Å². The number of alkyl halides is 2. The number of likely N-dealkylation sites (tertiary alicyclic amines) is 1. The molecule has 1 saturated carbocycles. The van der Waals surface area contributed by atoms with Crippen LogP contribution in [-0.4, -0.2) is 30.0 Å². The van der Waals surface area contributed by atoms with E-state index in [2.05, 4.69) is 18.7 Å². The first-order valence-corrected chi connectivity index (χ1v) is 7.10. The largest absolute Gasteiger partial charge is 0.294 e. The van der Waals surface area contributed by atoms with Gasteiger partial charge in [0, 0.05) is 12.5 Å². The van der Waals surface area contributed by atoms with Gasteiger partial charge in [-0.25, -0.2) is 8.78 Å². The van der Waals surface area contributed by atoms with Crippen molar-refractivity contribution in [1.82, 2.24) is 4.90 Å². The van der Waals surface area contributed by atoms with Crippen molar-refractivity contribution < 1.29 is 8.78 Å². The van der Waals surface area contributed by atoms with Crippen molar-refractivity contribution in [3.05, 3.63) is 0 Å². The Labute approximate surface area is 104 Å². The average Bonchev–Trinajstić information content (AvgIpc) is 2.28. The predicted molar refractivity (Wildman–Crippen MR) is 66.3 cm³/mol. The summed E-state index contributed by atoms with van der Waals surface area (Å²) in [5, 5.41) is 0. The standard InChI is InChI=1S/C14H25F2N/c1-11(2)12-5-3-6-13(9-12)17-8-4-7-14(15,16)10-17/h11-13H,3-10H2,1-2H3. The van der Waals surface area contributed by atoms with E-state index in [1.807, 2.05) is 0 Å². The fourth-order valence-electron chi connectivity index (χ4n) is 3.45. The molecule has 0 amide bonds. The number of rotatable bonds is 2. The van der Waals surface area contributed by atoms with Crippen LogP contribution >= 0.6 is 0 Å². The number of nitrogens with zero attached hydrogens (tertiary/aromatic N) is 1. The molecule has 0 bridgehead atoms. The maximum Gasteiger partial charge on any atom is 0.260 e. The van der Waals surface area contributed by atoms with Crippen molar-refractivity contribution in [1.29, 1.82) is 0 Å². The molecule has 2 unspecified atom stereocenters. The molecule has 0 N–H and O–H groups in total. The number of piperidine rings is 1. The van der Waals surface area contributed by atoms with Crippen LogP contribution in [0.2, 0.25) is 0 Å². The van der Waals surface area contributed by atoms with Crippen molar-refractivity contribution in [2.45, 2.75) is 64.3 Å². The molecular formula is C14H25F2N.